The molecular formula is C20H14OS2. The summed E-state index contributed by atoms with van der Waals surface area (Å²) in [4.78, 5) is 15.0. The Morgan fingerprint density at radius 2 is 1.57 bits per heavy atom. The standard InChI is InChI=1S/C20H14OS2/c1-13-5-4-6-14(11-13)22-15-9-10-19-17(12-15)20(21)16-7-2-3-8-18(16)23-19/h2-12H,1H3. The van der Waals surface area contributed by atoms with Crippen molar-refractivity contribution in [2.75, 3.05) is 0 Å². The van der Waals surface area contributed by atoms with Crippen LogP contribution in [0, 0.1) is 6.92 Å². The lowest BCUT2D eigenvalue weighted by Crippen LogP contribution is -2.00. The van der Waals surface area contributed by atoms with Crippen LogP contribution >= 0.6 is 23.1 Å². The van der Waals surface area contributed by atoms with E-state index in [1.54, 1.807) is 23.1 Å². The first-order valence-electron chi connectivity index (χ1n) is 7.41. The van der Waals surface area contributed by atoms with Crippen molar-refractivity contribution in [3.63, 3.8) is 0 Å². The van der Waals surface area contributed by atoms with Gasteiger partial charge >= 0.3 is 0 Å². The molecule has 4 aromatic rings. The third-order valence-electron chi connectivity index (χ3n) is 3.77. The van der Waals surface area contributed by atoms with Gasteiger partial charge in [-0.1, -0.05) is 41.6 Å². The quantitative estimate of drug-likeness (QED) is 0.426. The van der Waals surface area contributed by atoms with Crippen molar-refractivity contribution in [2.45, 2.75) is 16.7 Å². The van der Waals surface area contributed by atoms with Crippen LogP contribution in [0.4, 0.5) is 0 Å². The molecule has 0 amide bonds. The third kappa shape index (κ3) is 2.78. The van der Waals surface area contributed by atoms with E-state index < -0.39 is 0 Å². The van der Waals surface area contributed by atoms with Crippen molar-refractivity contribution < 1.29 is 0 Å². The average Bonchev–Trinajstić information content (AvgIpc) is 2.56. The molecule has 0 saturated heterocycles. The molecule has 1 heterocycles. The predicted molar refractivity (Wildman–Crippen MR) is 101 cm³/mol. The van der Waals surface area contributed by atoms with Gasteiger partial charge in [-0.3, -0.25) is 4.79 Å². The monoisotopic (exact) mass is 334 g/mol. The maximum absolute atomic E-state index is 12.7. The summed E-state index contributed by atoms with van der Waals surface area (Å²) < 4.78 is 2.09. The largest absolute Gasteiger partial charge is 0.289 e. The van der Waals surface area contributed by atoms with E-state index in [0.29, 0.717) is 0 Å². The lowest BCUT2D eigenvalue weighted by Gasteiger charge is -2.05. The second-order valence-corrected chi connectivity index (χ2v) is 7.73. The third-order valence-corrected chi connectivity index (χ3v) is 5.90. The molecule has 0 bridgehead atoms. The molecule has 0 aliphatic carbocycles. The molecule has 0 radical (unpaired) electrons. The van der Waals surface area contributed by atoms with Crippen molar-refractivity contribution in [3.8, 4) is 0 Å². The smallest absolute Gasteiger partial charge is 0.195 e. The van der Waals surface area contributed by atoms with Crippen molar-refractivity contribution >= 4 is 43.3 Å². The van der Waals surface area contributed by atoms with Gasteiger partial charge in [0.05, 0.1) is 0 Å². The molecule has 0 aliphatic rings. The van der Waals surface area contributed by atoms with Gasteiger partial charge in [0, 0.05) is 30.0 Å². The lowest BCUT2D eigenvalue weighted by molar-refractivity contribution is 1.35. The molecule has 0 saturated carbocycles. The highest BCUT2D eigenvalue weighted by molar-refractivity contribution is 7.99. The average molecular weight is 334 g/mol. The molecule has 0 atom stereocenters. The summed E-state index contributed by atoms with van der Waals surface area (Å²) in [6.07, 6.45) is 0. The Labute approximate surface area is 142 Å². The Morgan fingerprint density at radius 1 is 0.783 bits per heavy atom. The number of fused-ring (bicyclic) bond motifs is 2. The zero-order valence-electron chi connectivity index (χ0n) is 12.6. The summed E-state index contributed by atoms with van der Waals surface area (Å²) in [5, 5.41) is 1.62. The molecule has 23 heavy (non-hydrogen) atoms. The van der Waals surface area contributed by atoms with Gasteiger partial charge in [-0.25, -0.2) is 0 Å². The van der Waals surface area contributed by atoms with Crippen molar-refractivity contribution in [1.29, 1.82) is 0 Å². The predicted octanol–water partition coefficient (Wildman–Crippen LogP) is 5.87. The molecule has 0 N–H and O–H groups in total. The van der Waals surface area contributed by atoms with Gasteiger partial charge in [0.2, 0.25) is 0 Å². The number of benzene rings is 3. The van der Waals surface area contributed by atoms with Crippen LogP contribution in [0.3, 0.4) is 0 Å². The minimum absolute atomic E-state index is 0.126. The lowest BCUT2D eigenvalue weighted by atomic mass is 10.2. The Balaban J connectivity index is 1.85. The molecule has 0 aliphatic heterocycles. The van der Waals surface area contributed by atoms with Gasteiger partial charge in [0.25, 0.3) is 0 Å². The van der Waals surface area contributed by atoms with E-state index >= 15 is 0 Å². The first-order chi connectivity index (χ1) is 11.2. The van der Waals surface area contributed by atoms with Crippen LogP contribution in [0.25, 0.3) is 20.2 Å². The summed E-state index contributed by atoms with van der Waals surface area (Å²) in [6, 6.07) is 22.4. The van der Waals surface area contributed by atoms with Crippen LogP contribution in [0.5, 0.6) is 0 Å². The second kappa shape index (κ2) is 5.84. The van der Waals surface area contributed by atoms with Gasteiger partial charge in [0.1, 0.15) is 0 Å². The van der Waals surface area contributed by atoms with Crippen LogP contribution in [0.1, 0.15) is 5.56 Å². The van der Waals surface area contributed by atoms with E-state index in [1.165, 1.54) is 10.5 Å². The van der Waals surface area contributed by atoms with Gasteiger partial charge in [-0.2, -0.15) is 0 Å². The van der Waals surface area contributed by atoms with E-state index in [2.05, 4.69) is 43.3 Å². The van der Waals surface area contributed by atoms with Crippen LogP contribution in [0.2, 0.25) is 0 Å². The van der Waals surface area contributed by atoms with E-state index in [4.69, 9.17) is 0 Å². The molecule has 112 valence electrons. The Morgan fingerprint density at radius 3 is 2.43 bits per heavy atom. The van der Waals surface area contributed by atoms with E-state index in [-0.39, 0.29) is 5.43 Å². The van der Waals surface area contributed by atoms with E-state index in [9.17, 15) is 4.79 Å². The fourth-order valence-corrected chi connectivity index (χ4v) is 4.69. The molecule has 4 rings (SSSR count). The fourth-order valence-electron chi connectivity index (χ4n) is 2.66. The van der Waals surface area contributed by atoms with Crippen LogP contribution in [-0.4, -0.2) is 0 Å². The van der Waals surface area contributed by atoms with Crippen molar-refractivity contribution in [1.82, 2.24) is 0 Å². The topological polar surface area (TPSA) is 17.1 Å². The van der Waals surface area contributed by atoms with Gasteiger partial charge < -0.3 is 0 Å². The van der Waals surface area contributed by atoms with E-state index in [1.807, 2.05) is 30.3 Å². The van der Waals surface area contributed by atoms with Crippen LogP contribution in [0.15, 0.2) is 81.3 Å². The summed E-state index contributed by atoms with van der Waals surface area (Å²) in [6.45, 7) is 2.09. The number of hydrogen-bond acceptors (Lipinski definition) is 3. The first kappa shape index (κ1) is 14.5. The molecule has 3 aromatic carbocycles. The zero-order chi connectivity index (χ0) is 15.8. The van der Waals surface area contributed by atoms with Gasteiger partial charge in [-0.15, -0.1) is 11.3 Å². The minimum Gasteiger partial charge on any atom is -0.289 e. The maximum Gasteiger partial charge on any atom is 0.195 e. The van der Waals surface area contributed by atoms with Crippen LogP contribution in [-0.2, 0) is 0 Å². The summed E-state index contributed by atoms with van der Waals surface area (Å²) in [5.41, 5.74) is 1.37. The highest BCUT2D eigenvalue weighted by Gasteiger charge is 2.07. The number of rotatable bonds is 2. The highest BCUT2D eigenvalue weighted by Crippen LogP contribution is 2.32. The molecule has 1 nitrogen and oxygen atoms in total. The summed E-state index contributed by atoms with van der Waals surface area (Å²) in [7, 11) is 0. The number of hydrogen-bond donors (Lipinski definition) is 0. The van der Waals surface area contributed by atoms with Crippen LogP contribution < -0.4 is 5.43 Å². The summed E-state index contributed by atoms with van der Waals surface area (Å²) >= 11 is 3.37. The first-order valence-corrected chi connectivity index (χ1v) is 9.04. The minimum atomic E-state index is 0.126. The highest BCUT2D eigenvalue weighted by atomic mass is 32.2. The molecule has 1 aromatic heterocycles. The fraction of sp³-hybridized carbons (Fsp3) is 0.0500. The second-order valence-electron chi connectivity index (χ2n) is 5.50. The molecule has 3 heteroatoms. The SMILES string of the molecule is Cc1cccc(Sc2ccc3sc4ccccc4c(=O)c3c2)c1. The van der Waals surface area contributed by atoms with Crippen molar-refractivity contribution in [3.05, 3.63) is 82.5 Å². The molecule has 0 unspecified atom stereocenters. The molecule has 0 spiro atoms. The molecular weight excluding hydrogens is 320 g/mol. The Kier molecular flexibility index (Phi) is 3.68. The number of aryl methyl sites for hydroxylation is 1. The summed E-state index contributed by atoms with van der Waals surface area (Å²) in [5.74, 6) is 0. The Bertz CT molecular complexity index is 1080. The Hall–Kier alpha value is -2.10. The maximum atomic E-state index is 12.7. The normalized spacial score (nSPS) is 11.2. The molecule has 0 fully saturated rings. The van der Waals surface area contributed by atoms with E-state index in [0.717, 1.165) is 25.1 Å². The van der Waals surface area contributed by atoms with Gasteiger partial charge in [-0.05, 0) is 49.4 Å². The van der Waals surface area contributed by atoms with Gasteiger partial charge in [0.15, 0.2) is 5.43 Å². The van der Waals surface area contributed by atoms with Crippen molar-refractivity contribution in [2.24, 2.45) is 0 Å². The zero-order valence-corrected chi connectivity index (χ0v) is 14.2.